The van der Waals surface area contributed by atoms with Crippen LogP contribution in [0.3, 0.4) is 0 Å². The molecule has 0 bridgehead atoms. The van der Waals surface area contributed by atoms with Gasteiger partial charge in [-0.25, -0.2) is 23.2 Å². The van der Waals surface area contributed by atoms with Crippen LogP contribution < -0.4 is 9.64 Å². The van der Waals surface area contributed by atoms with Crippen LogP contribution in [0.2, 0.25) is 0 Å². The lowest BCUT2D eigenvalue weighted by Crippen LogP contribution is -2.50. The Labute approximate surface area is 221 Å². The molecule has 1 amide bonds. The molecule has 4 heterocycles. The molecular formula is C23H35N9O5S. The minimum absolute atomic E-state index is 0.0443. The number of piperazine rings is 1. The molecule has 0 spiro atoms. The molecule has 3 aliphatic rings. The summed E-state index contributed by atoms with van der Waals surface area (Å²) in [4.78, 5) is 24.2. The first-order valence-electron chi connectivity index (χ1n) is 13.1. The number of anilines is 1. The zero-order valence-corrected chi connectivity index (χ0v) is 22.4. The summed E-state index contributed by atoms with van der Waals surface area (Å²) in [6, 6.07) is 0.0451. The number of hydrogen-bond donors (Lipinski definition) is 2. The van der Waals surface area contributed by atoms with Gasteiger partial charge < -0.3 is 19.6 Å². The Morgan fingerprint density at radius 3 is 2.61 bits per heavy atom. The van der Waals surface area contributed by atoms with E-state index in [1.54, 1.807) is 17.3 Å². The number of aryl methyl sites for hydroxylation is 1. The summed E-state index contributed by atoms with van der Waals surface area (Å²) in [7, 11) is -3.36. The van der Waals surface area contributed by atoms with Crippen LogP contribution in [0.1, 0.15) is 44.9 Å². The number of nitrogens with zero attached hydrogens (tertiary/aromatic N) is 8. The average molecular weight is 550 g/mol. The van der Waals surface area contributed by atoms with Gasteiger partial charge in [0.15, 0.2) is 5.82 Å². The topological polar surface area (TPSA) is 171 Å². The molecule has 38 heavy (non-hydrogen) atoms. The van der Waals surface area contributed by atoms with Crippen LogP contribution in [0.25, 0.3) is 0 Å². The summed E-state index contributed by atoms with van der Waals surface area (Å²) in [5.74, 6) is 1.95. The Morgan fingerprint density at radius 2 is 1.97 bits per heavy atom. The van der Waals surface area contributed by atoms with Gasteiger partial charge in [-0.3, -0.25) is 0 Å². The van der Waals surface area contributed by atoms with Crippen molar-refractivity contribution < 1.29 is 23.1 Å². The van der Waals surface area contributed by atoms with Gasteiger partial charge in [-0.1, -0.05) is 12.1 Å². The Balaban J connectivity index is 1.07. The predicted molar refractivity (Wildman–Crippen MR) is 136 cm³/mol. The Bertz CT molecular complexity index is 1180. The smallest absolute Gasteiger partial charge is 0.407 e. The Hall–Kier alpha value is -3.07. The fraction of sp³-hybridized carbons (Fsp3) is 0.739. The molecule has 208 valence electrons. The third kappa shape index (κ3) is 6.14. The number of amides is 1. The maximum absolute atomic E-state index is 12.7. The lowest BCUT2D eigenvalue weighted by molar-refractivity contribution is 0.0483. The maximum atomic E-state index is 12.7. The lowest BCUT2D eigenvalue weighted by atomic mass is 9.83. The van der Waals surface area contributed by atoms with Crippen LogP contribution >= 0.6 is 0 Å². The van der Waals surface area contributed by atoms with E-state index >= 15 is 0 Å². The predicted octanol–water partition coefficient (Wildman–Crippen LogP) is 1.01. The van der Waals surface area contributed by atoms with Gasteiger partial charge in [0.2, 0.25) is 15.9 Å². The minimum atomic E-state index is -3.36. The number of piperidine rings is 1. The first kappa shape index (κ1) is 26.5. The van der Waals surface area contributed by atoms with Gasteiger partial charge in [0.05, 0.1) is 24.8 Å². The Morgan fingerprint density at radius 1 is 1.18 bits per heavy atom. The van der Waals surface area contributed by atoms with Crippen molar-refractivity contribution in [3.63, 3.8) is 0 Å². The number of sulfonamides is 1. The van der Waals surface area contributed by atoms with Crippen LogP contribution in [0.4, 0.5) is 10.6 Å². The average Bonchev–Trinajstić information content (AvgIpc) is 3.45. The molecule has 2 aliphatic heterocycles. The molecule has 3 fully saturated rings. The van der Waals surface area contributed by atoms with Crippen molar-refractivity contribution >= 4 is 21.9 Å². The van der Waals surface area contributed by atoms with Crippen molar-refractivity contribution in [2.45, 2.75) is 51.5 Å². The van der Waals surface area contributed by atoms with Gasteiger partial charge in [0.1, 0.15) is 5.82 Å². The zero-order valence-electron chi connectivity index (χ0n) is 21.6. The minimum Gasteiger partial charge on any atom is -0.476 e. The van der Waals surface area contributed by atoms with Gasteiger partial charge in [-0.2, -0.15) is 9.52 Å². The summed E-state index contributed by atoms with van der Waals surface area (Å²) < 4.78 is 32.9. The molecule has 1 saturated carbocycles. The SMILES string of the molecule is CC1(C2CC(COc3cnc(N4CCN(S(=O)(=O)CCCc5nn[nH]n5)CC4)cn3)CCN2C(=O)O)CC1. The standard InChI is InChI=1S/C23H35N9O5S/c1-23(5-6-23)18-13-17(4-7-32(18)22(33)34)16-37-21-15-24-20(14-25-21)30-8-10-31(11-9-30)38(35,36)12-2-3-19-26-28-29-27-19/h14-15,17-18H,2-13,16H2,1H3,(H,33,34)(H,26,27,28,29). The molecule has 2 aromatic heterocycles. The fourth-order valence-corrected chi connectivity index (χ4v) is 6.87. The van der Waals surface area contributed by atoms with Gasteiger partial charge >= 0.3 is 6.09 Å². The number of H-pyrrole nitrogens is 1. The number of tetrazole rings is 1. The van der Waals surface area contributed by atoms with Gasteiger partial charge in [-0.05, 0) is 43.4 Å². The number of carboxylic acid groups (broad SMARTS) is 1. The van der Waals surface area contributed by atoms with Crippen molar-refractivity contribution in [3.8, 4) is 5.88 Å². The largest absolute Gasteiger partial charge is 0.476 e. The molecule has 2 unspecified atom stereocenters. The fourth-order valence-electron chi connectivity index (χ4n) is 5.39. The van der Waals surface area contributed by atoms with E-state index in [4.69, 9.17) is 4.74 Å². The highest BCUT2D eigenvalue weighted by Gasteiger charge is 2.50. The van der Waals surface area contributed by atoms with E-state index in [0.29, 0.717) is 69.7 Å². The van der Waals surface area contributed by atoms with E-state index in [1.807, 2.05) is 4.90 Å². The second kappa shape index (κ2) is 11.0. The molecule has 0 aromatic carbocycles. The van der Waals surface area contributed by atoms with Crippen LogP contribution in [-0.2, 0) is 16.4 Å². The van der Waals surface area contributed by atoms with E-state index in [-0.39, 0.29) is 23.1 Å². The maximum Gasteiger partial charge on any atom is 0.407 e. The molecule has 14 nitrogen and oxygen atoms in total. The highest BCUT2D eigenvalue weighted by atomic mass is 32.2. The van der Waals surface area contributed by atoms with Crippen molar-refractivity contribution in [3.05, 3.63) is 18.2 Å². The van der Waals surface area contributed by atoms with Crippen molar-refractivity contribution in [1.29, 1.82) is 0 Å². The van der Waals surface area contributed by atoms with Crippen molar-refractivity contribution in [2.24, 2.45) is 11.3 Å². The molecular weight excluding hydrogens is 514 g/mol. The number of likely N-dealkylation sites (tertiary alicyclic amines) is 1. The number of carbonyl (C=O) groups is 1. The summed E-state index contributed by atoms with van der Waals surface area (Å²) in [5, 5.41) is 23.1. The van der Waals surface area contributed by atoms with Crippen LogP contribution in [0.5, 0.6) is 5.88 Å². The Kier molecular flexibility index (Phi) is 7.66. The summed E-state index contributed by atoms with van der Waals surface area (Å²) in [6.45, 7) is 5.03. The molecule has 5 rings (SSSR count). The normalized spacial score (nSPS) is 23.8. The molecule has 15 heteroatoms. The molecule has 2 aromatic rings. The highest BCUT2D eigenvalue weighted by molar-refractivity contribution is 7.89. The molecule has 2 atom stereocenters. The summed E-state index contributed by atoms with van der Waals surface area (Å²) in [6.07, 6.45) is 7.05. The van der Waals surface area contributed by atoms with Gasteiger partial charge in [-0.15, -0.1) is 10.2 Å². The number of ether oxygens (including phenoxy) is 1. The number of aromatic nitrogens is 6. The first-order valence-corrected chi connectivity index (χ1v) is 14.7. The van der Waals surface area contributed by atoms with E-state index < -0.39 is 16.1 Å². The van der Waals surface area contributed by atoms with Crippen molar-refractivity contribution in [1.82, 2.24) is 39.8 Å². The third-order valence-electron chi connectivity index (χ3n) is 8.03. The van der Waals surface area contributed by atoms with Crippen LogP contribution in [0, 0.1) is 11.3 Å². The molecule has 2 saturated heterocycles. The van der Waals surface area contributed by atoms with E-state index in [2.05, 4.69) is 37.5 Å². The zero-order chi connectivity index (χ0) is 26.8. The monoisotopic (exact) mass is 549 g/mol. The third-order valence-corrected chi connectivity index (χ3v) is 9.99. The van der Waals surface area contributed by atoms with Crippen LogP contribution in [-0.4, -0.2) is 111 Å². The highest BCUT2D eigenvalue weighted by Crippen LogP contribution is 2.53. The summed E-state index contributed by atoms with van der Waals surface area (Å²) in [5.41, 5.74) is 0.0944. The second-order valence-electron chi connectivity index (χ2n) is 10.7. The number of hydrogen-bond acceptors (Lipinski definition) is 10. The molecule has 2 N–H and O–H groups in total. The van der Waals surface area contributed by atoms with E-state index in [9.17, 15) is 18.3 Å². The lowest BCUT2D eigenvalue weighted by Gasteiger charge is -2.41. The quantitative estimate of drug-likeness (QED) is 0.433. The van der Waals surface area contributed by atoms with E-state index in [1.165, 1.54) is 4.31 Å². The molecule has 0 radical (unpaired) electrons. The van der Waals surface area contributed by atoms with E-state index in [0.717, 1.165) is 25.7 Å². The number of aromatic amines is 1. The number of rotatable bonds is 10. The van der Waals surface area contributed by atoms with Gasteiger partial charge in [0, 0.05) is 45.2 Å². The molecule has 1 aliphatic carbocycles. The van der Waals surface area contributed by atoms with Crippen molar-refractivity contribution in [2.75, 3.05) is 50.0 Å². The second-order valence-corrected chi connectivity index (χ2v) is 12.8. The summed E-state index contributed by atoms with van der Waals surface area (Å²) >= 11 is 0. The first-order chi connectivity index (χ1) is 18.2. The van der Waals surface area contributed by atoms with Crippen LogP contribution in [0.15, 0.2) is 12.4 Å². The van der Waals surface area contributed by atoms with Gasteiger partial charge in [0.25, 0.3) is 0 Å². The number of nitrogens with one attached hydrogen (secondary N) is 1.